The summed E-state index contributed by atoms with van der Waals surface area (Å²) in [5.74, 6) is 0.693. The van der Waals surface area contributed by atoms with Crippen LogP contribution >= 0.6 is 0 Å². The fraction of sp³-hybridized carbons (Fsp3) is 0.643. The minimum atomic E-state index is -0.496. The maximum Gasteiger partial charge on any atom is 0.410 e. The molecule has 1 atom stereocenters. The molecule has 0 aliphatic carbocycles. The van der Waals surface area contributed by atoms with Crippen molar-refractivity contribution in [3.05, 3.63) is 12.4 Å². The molecule has 1 amide bonds. The highest BCUT2D eigenvalue weighted by Gasteiger charge is 2.28. The van der Waals surface area contributed by atoms with Crippen LogP contribution in [0.15, 0.2) is 12.4 Å². The fourth-order valence-electron chi connectivity index (χ4n) is 2.12. The summed E-state index contributed by atoms with van der Waals surface area (Å²) in [4.78, 5) is 21.7. The number of nitrogens with zero attached hydrogens (tertiary/aromatic N) is 3. The van der Waals surface area contributed by atoms with Gasteiger partial charge in [-0.1, -0.05) is 0 Å². The Hall–Kier alpha value is -2.05. The molecule has 2 rings (SSSR count). The lowest BCUT2D eigenvalue weighted by Gasteiger charge is -2.33. The first-order chi connectivity index (χ1) is 9.83. The first-order valence-corrected chi connectivity index (χ1v) is 7.05. The molecule has 0 radical (unpaired) electrons. The van der Waals surface area contributed by atoms with E-state index in [1.165, 1.54) is 12.4 Å². The zero-order valence-corrected chi connectivity index (χ0v) is 12.7. The van der Waals surface area contributed by atoms with E-state index in [9.17, 15) is 4.79 Å². The average molecular weight is 294 g/mol. The second-order valence-electron chi connectivity index (χ2n) is 6.09. The smallest absolute Gasteiger partial charge is 0.410 e. The van der Waals surface area contributed by atoms with Crippen LogP contribution in [0.4, 0.5) is 10.6 Å². The van der Waals surface area contributed by atoms with Crippen molar-refractivity contribution < 1.29 is 14.3 Å². The number of amides is 1. The van der Waals surface area contributed by atoms with E-state index in [2.05, 4.69) is 9.97 Å². The van der Waals surface area contributed by atoms with Crippen LogP contribution in [-0.2, 0) is 4.74 Å². The lowest BCUT2D eigenvalue weighted by molar-refractivity contribution is 0.00719. The highest BCUT2D eigenvalue weighted by molar-refractivity contribution is 5.68. The van der Waals surface area contributed by atoms with E-state index in [1.54, 1.807) is 4.90 Å². The Morgan fingerprint density at radius 2 is 2.19 bits per heavy atom. The van der Waals surface area contributed by atoms with Crippen molar-refractivity contribution in [2.24, 2.45) is 0 Å². The molecule has 1 aromatic rings. The maximum absolute atomic E-state index is 12.1. The molecule has 1 saturated heterocycles. The van der Waals surface area contributed by atoms with E-state index in [-0.39, 0.29) is 12.2 Å². The van der Waals surface area contributed by atoms with Crippen LogP contribution in [0, 0.1) is 0 Å². The molecular weight excluding hydrogens is 272 g/mol. The van der Waals surface area contributed by atoms with Gasteiger partial charge in [0.1, 0.15) is 17.5 Å². The third kappa shape index (κ3) is 4.77. The molecule has 0 saturated carbocycles. The van der Waals surface area contributed by atoms with Crippen LogP contribution in [0.2, 0.25) is 0 Å². The number of hydrogen-bond acceptors (Lipinski definition) is 6. The van der Waals surface area contributed by atoms with E-state index in [4.69, 9.17) is 15.2 Å². The summed E-state index contributed by atoms with van der Waals surface area (Å²) >= 11 is 0. The van der Waals surface area contributed by atoms with Crippen LogP contribution in [-0.4, -0.2) is 45.8 Å². The van der Waals surface area contributed by atoms with E-state index < -0.39 is 5.60 Å². The molecule has 116 valence electrons. The molecule has 2 heterocycles. The van der Waals surface area contributed by atoms with Crippen LogP contribution in [0.3, 0.4) is 0 Å². The number of likely N-dealkylation sites (tertiary alicyclic amines) is 1. The number of ether oxygens (including phenoxy) is 2. The van der Waals surface area contributed by atoms with E-state index in [0.29, 0.717) is 24.8 Å². The molecule has 0 unspecified atom stereocenters. The molecule has 1 aliphatic heterocycles. The second-order valence-corrected chi connectivity index (χ2v) is 6.09. The van der Waals surface area contributed by atoms with Gasteiger partial charge in [-0.15, -0.1) is 0 Å². The molecule has 1 aromatic heterocycles. The highest BCUT2D eigenvalue weighted by atomic mass is 16.6. The molecule has 1 fully saturated rings. The predicted molar refractivity (Wildman–Crippen MR) is 77.9 cm³/mol. The number of piperidine rings is 1. The number of rotatable bonds is 2. The molecule has 0 bridgehead atoms. The SMILES string of the molecule is CC(C)(C)OC(=O)N1CCC[C@@H](Oc2cncc(N)n2)C1. The van der Waals surface area contributed by atoms with Crippen LogP contribution in [0.25, 0.3) is 0 Å². The molecule has 0 spiro atoms. The zero-order valence-electron chi connectivity index (χ0n) is 12.7. The number of hydrogen-bond donors (Lipinski definition) is 1. The Morgan fingerprint density at radius 3 is 2.86 bits per heavy atom. The van der Waals surface area contributed by atoms with Gasteiger partial charge in [0.25, 0.3) is 0 Å². The van der Waals surface area contributed by atoms with E-state index in [0.717, 1.165) is 12.8 Å². The Morgan fingerprint density at radius 1 is 1.43 bits per heavy atom. The Kier molecular flexibility index (Phi) is 4.50. The molecule has 1 aliphatic rings. The van der Waals surface area contributed by atoms with Gasteiger partial charge in [-0.25, -0.2) is 4.79 Å². The number of carbonyl (C=O) groups is 1. The topological polar surface area (TPSA) is 90.6 Å². The molecule has 2 N–H and O–H groups in total. The van der Waals surface area contributed by atoms with Gasteiger partial charge in [0.05, 0.1) is 18.9 Å². The van der Waals surface area contributed by atoms with Crippen molar-refractivity contribution >= 4 is 11.9 Å². The Labute approximate surface area is 124 Å². The number of nitrogens with two attached hydrogens (primary N) is 1. The van der Waals surface area contributed by atoms with Crippen molar-refractivity contribution in [3.8, 4) is 5.88 Å². The number of carbonyl (C=O) groups excluding carboxylic acids is 1. The van der Waals surface area contributed by atoms with E-state index in [1.807, 2.05) is 20.8 Å². The van der Waals surface area contributed by atoms with Crippen molar-refractivity contribution in [2.45, 2.75) is 45.3 Å². The van der Waals surface area contributed by atoms with Gasteiger partial charge >= 0.3 is 6.09 Å². The lowest BCUT2D eigenvalue weighted by Crippen LogP contribution is -2.46. The second kappa shape index (κ2) is 6.15. The zero-order chi connectivity index (χ0) is 15.5. The first kappa shape index (κ1) is 15.3. The van der Waals surface area contributed by atoms with Crippen LogP contribution < -0.4 is 10.5 Å². The number of anilines is 1. The standard InChI is InChI=1S/C14H22N4O3/c1-14(2,3)21-13(19)18-6-4-5-10(9-18)20-12-8-16-7-11(15)17-12/h7-8,10H,4-6,9H2,1-3H3,(H2,15,17)/t10-/m1/s1. The summed E-state index contributed by atoms with van der Waals surface area (Å²) in [5.41, 5.74) is 5.07. The Bertz CT molecular complexity index is 501. The summed E-state index contributed by atoms with van der Waals surface area (Å²) in [6, 6.07) is 0. The summed E-state index contributed by atoms with van der Waals surface area (Å²) in [6.45, 7) is 6.71. The number of aromatic nitrogens is 2. The Balaban J connectivity index is 1.93. The molecule has 7 heteroatoms. The summed E-state index contributed by atoms with van der Waals surface area (Å²) in [7, 11) is 0. The van der Waals surface area contributed by atoms with Crippen molar-refractivity contribution in [2.75, 3.05) is 18.8 Å². The first-order valence-electron chi connectivity index (χ1n) is 7.05. The van der Waals surface area contributed by atoms with Gasteiger partial charge in [0.15, 0.2) is 0 Å². The minimum absolute atomic E-state index is 0.123. The quantitative estimate of drug-likeness (QED) is 0.895. The summed E-state index contributed by atoms with van der Waals surface area (Å²) < 4.78 is 11.1. The monoisotopic (exact) mass is 294 g/mol. The van der Waals surface area contributed by atoms with E-state index >= 15 is 0 Å². The van der Waals surface area contributed by atoms with Gasteiger partial charge in [0, 0.05) is 6.54 Å². The number of nitrogen functional groups attached to an aromatic ring is 1. The van der Waals surface area contributed by atoms with Crippen molar-refractivity contribution in [1.82, 2.24) is 14.9 Å². The molecule has 7 nitrogen and oxygen atoms in total. The van der Waals surface area contributed by atoms with Crippen LogP contribution in [0.1, 0.15) is 33.6 Å². The van der Waals surface area contributed by atoms with Gasteiger partial charge < -0.3 is 20.1 Å². The molecular formula is C14H22N4O3. The third-order valence-corrected chi connectivity index (χ3v) is 2.95. The maximum atomic E-state index is 12.1. The summed E-state index contributed by atoms with van der Waals surface area (Å²) in [6.07, 6.45) is 4.26. The highest BCUT2D eigenvalue weighted by Crippen LogP contribution is 2.19. The third-order valence-electron chi connectivity index (χ3n) is 2.95. The molecule has 21 heavy (non-hydrogen) atoms. The predicted octanol–water partition coefficient (Wildman–Crippen LogP) is 1.84. The normalized spacial score (nSPS) is 19.2. The summed E-state index contributed by atoms with van der Waals surface area (Å²) in [5, 5.41) is 0. The van der Waals surface area contributed by atoms with Gasteiger partial charge in [-0.2, -0.15) is 4.98 Å². The fourth-order valence-corrected chi connectivity index (χ4v) is 2.12. The van der Waals surface area contributed by atoms with Gasteiger partial charge in [-0.3, -0.25) is 4.98 Å². The lowest BCUT2D eigenvalue weighted by atomic mass is 10.1. The van der Waals surface area contributed by atoms with Crippen molar-refractivity contribution in [1.29, 1.82) is 0 Å². The largest absolute Gasteiger partial charge is 0.471 e. The average Bonchev–Trinajstić information content (AvgIpc) is 2.37. The minimum Gasteiger partial charge on any atom is -0.471 e. The van der Waals surface area contributed by atoms with Gasteiger partial charge in [0.2, 0.25) is 5.88 Å². The van der Waals surface area contributed by atoms with Crippen molar-refractivity contribution in [3.63, 3.8) is 0 Å². The molecule has 0 aromatic carbocycles. The van der Waals surface area contributed by atoms with Crippen LogP contribution in [0.5, 0.6) is 5.88 Å². The van der Waals surface area contributed by atoms with Gasteiger partial charge in [-0.05, 0) is 33.6 Å².